The molecule has 0 spiro atoms. The standard InChI is InChI=1S/C14H19Cl2NO3/c1-2-3-7-20-9-13(19)17-8-12(18)14-10(15)5-4-6-11(14)16/h4-6,12,18H,2-3,7-9H2,1H3,(H,17,19). The predicted molar refractivity (Wildman–Crippen MR) is 80.2 cm³/mol. The average molecular weight is 320 g/mol. The van der Waals surface area contributed by atoms with Gasteiger partial charge in [0.1, 0.15) is 6.61 Å². The van der Waals surface area contributed by atoms with E-state index in [2.05, 4.69) is 5.32 Å². The second-order valence-corrected chi connectivity index (χ2v) is 5.18. The predicted octanol–water partition coefficient (Wildman–Crippen LogP) is 2.96. The van der Waals surface area contributed by atoms with E-state index < -0.39 is 6.10 Å². The van der Waals surface area contributed by atoms with Crippen molar-refractivity contribution in [2.45, 2.75) is 25.9 Å². The Morgan fingerprint density at radius 3 is 2.65 bits per heavy atom. The third-order valence-electron chi connectivity index (χ3n) is 2.70. The van der Waals surface area contributed by atoms with Crippen LogP contribution < -0.4 is 5.32 Å². The number of amides is 1. The first-order chi connectivity index (χ1) is 9.56. The van der Waals surface area contributed by atoms with Crippen molar-refractivity contribution < 1.29 is 14.6 Å². The number of carbonyl (C=O) groups excluding carboxylic acids is 1. The molecule has 2 N–H and O–H groups in total. The number of rotatable bonds is 8. The Labute approximate surface area is 129 Å². The molecule has 0 aliphatic carbocycles. The number of unbranched alkanes of at least 4 members (excludes halogenated alkanes) is 1. The Morgan fingerprint density at radius 1 is 1.40 bits per heavy atom. The number of benzene rings is 1. The van der Waals surface area contributed by atoms with Crippen molar-refractivity contribution in [2.75, 3.05) is 19.8 Å². The van der Waals surface area contributed by atoms with Crippen LogP contribution in [0, 0.1) is 0 Å². The SMILES string of the molecule is CCCCOCC(=O)NCC(O)c1c(Cl)cccc1Cl. The van der Waals surface area contributed by atoms with Crippen molar-refractivity contribution in [3.05, 3.63) is 33.8 Å². The number of ether oxygens (including phenoxy) is 1. The number of nitrogens with one attached hydrogen (secondary N) is 1. The third-order valence-corrected chi connectivity index (χ3v) is 3.36. The van der Waals surface area contributed by atoms with Gasteiger partial charge in [0, 0.05) is 28.8 Å². The second-order valence-electron chi connectivity index (χ2n) is 4.36. The van der Waals surface area contributed by atoms with Crippen LogP contribution in [0.2, 0.25) is 10.0 Å². The van der Waals surface area contributed by atoms with Crippen LogP contribution in [0.15, 0.2) is 18.2 Å². The minimum Gasteiger partial charge on any atom is -0.386 e. The number of hydrogen-bond donors (Lipinski definition) is 2. The monoisotopic (exact) mass is 319 g/mol. The van der Waals surface area contributed by atoms with E-state index >= 15 is 0 Å². The van der Waals surface area contributed by atoms with Crippen molar-refractivity contribution >= 4 is 29.1 Å². The molecule has 4 nitrogen and oxygen atoms in total. The first-order valence-electron chi connectivity index (χ1n) is 6.52. The molecular weight excluding hydrogens is 301 g/mol. The molecule has 0 saturated carbocycles. The minimum absolute atomic E-state index is 0.0109. The zero-order chi connectivity index (χ0) is 15.0. The lowest BCUT2D eigenvalue weighted by atomic mass is 10.1. The highest BCUT2D eigenvalue weighted by Crippen LogP contribution is 2.29. The summed E-state index contributed by atoms with van der Waals surface area (Å²) < 4.78 is 5.18. The van der Waals surface area contributed by atoms with Gasteiger partial charge in [-0.05, 0) is 18.6 Å². The Morgan fingerprint density at radius 2 is 2.05 bits per heavy atom. The summed E-state index contributed by atoms with van der Waals surface area (Å²) in [5.41, 5.74) is 0.419. The Balaban J connectivity index is 2.39. The number of carbonyl (C=O) groups is 1. The topological polar surface area (TPSA) is 58.6 Å². The highest BCUT2D eigenvalue weighted by Gasteiger charge is 2.16. The summed E-state index contributed by atoms with van der Waals surface area (Å²) >= 11 is 12.0. The van der Waals surface area contributed by atoms with Crippen LogP contribution in [-0.4, -0.2) is 30.8 Å². The molecule has 1 atom stereocenters. The Bertz CT molecular complexity index is 420. The van der Waals surface area contributed by atoms with Gasteiger partial charge in [-0.15, -0.1) is 0 Å². The number of hydrogen-bond acceptors (Lipinski definition) is 3. The molecule has 0 aliphatic heterocycles. The van der Waals surface area contributed by atoms with Crippen LogP contribution >= 0.6 is 23.2 Å². The fourth-order valence-corrected chi connectivity index (χ4v) is 2.25. The van der Waals surface area contributed by atoms with Crippen LogP contribution in [-0.2, 0) is 9.53 Å². The number of aliphatic hydroxyl groups is 1. The van der Waals surface area contributed by atoms with Crippen molar-refractivity contribution in [1.82, 2.24) is 5.32 Å². The summed E-state index contributed by atoms with van der Waals surface area (Å²) in [4.78, 5) is 11.5. The van der Waals surface area contributed by atoms with Gasteiger partial charge in [-0.1, -0.05) is 42.6 Å². The molecule has 0 heterocycles. The lowest BCUT2D eigenvalue weighted by molar-refractivity contribution is -0.126. The molecular formula is C14H19Cl2NO3. The summed E-state index contributed by atoms with van der Waals surface area (Å²) in [6.45, 7) is 2.64. The lowest BCUT2D eigenvalue weighted by Gasteiger charge is -2.15. The third kappa shape index (κ3) is 5.67. The van der Waals surface area contributed by atoms with Gasteiger partial charge < -0.3 is 15.2 Å². The second kappa shape index (κ2) is 9.19. The lowest BCUT2D eigenvalue weighted by Crippen LogP contribution is -2.31. The summed E-state index contributed by atoms with van der Waals surface area (Å²) in [6, 6.07) is 4.98. The van der Waals surface area contributed by atoms with E-state index in [0.29, 0.717) is 22.2 Å². The van der Waals surface area contributed by atoms with Gasteiger partial charge in [-0.2, -0.15) is 0 Å². The van der Waals surface area contributed by atoms with Crippen LogP contribution in [0.1, 0.15) is 31.4 Å². The summed E-state index contributed by atoms with van der Waals surface area (Å²) in [5, 5.41) is 13.3. The smallest absolute Gasteiger partial charge is 0.246 e. The van der Waals surface area contributed by atoms with Crippen molar-refractivity contribution in [2.24, 2.45) is 0 Å². The largest absolute Gasteiger partial charge is 0.386 e. The van der Waals surface area contributed by atoms with E-state index in [9.17, 15) is 9.90 Å². The molecule has 0 radical (unpaired) electrons. The molecule has 112 valence electrons. The molecule has 6 heteroatoms. The Hall–Kier alpha value is -0.810. The van der Waals surface area contributed by atoms with Crippen molar-refractivity contribution in [3.8, 4) is 0 Å². The average Bonchev–Trinajstić information content (AvgIpc) is 2.41. The van der Waals surface area contributed by atoms with Gasteiger partial charge >= 0.3 is 0 Å². The van der Waals surface area contributed by atoms with E-state index in [1.54, 1.807) is 18.2 Å². The quantitative estimate of drug-likeness (QED) is 0.724. The van der Waals surface area contributed by atoms with Crippen LogP contribution in [0.5, 0.6) is 0 Å². The summed E-state index contributed by atoms with van der Waals surface area (Å²) in [7, 11) is 0. The van der Waals surface area contributed by atoms with Crippen LogP contribution in [0.3, 0.4) is 0 Å². The molecule has 1 aromatic carbocycles. The molecule has 1 amide bonds. The maximum Gasteiger partial charge on any atom is 0.246 e. The number of halogens is 2. The molecule has 1 aromatic rings. The molecule has 0 fully saturated rings. The van der Waals surface area contributed by atoms with E-state index in [0.717, 1.165) is 12.8 Å². The fraction of sp³-hybridized carbons (Fsp3) is 0.500. The van der Waals surface area contributed by atoms with Gasteiger partial charge in [0.2, 0.25) is 5.91 Å². The van der Waals surface area contributed by atoms with Gasteiger partial charge in [0.15, 0.2) is 0 Å². The van der Waals surface area contributed by atoms with Gasteiger partial charge in [-0.3, -0.25) is 4.79 Å². The molecule has 20 heavy (non-hydrogen) atoms. The molecule has 0 bridgehead atoms. The van der Waals surface area contributed by atoms with Gasteiger partial charge in [0.25, 0.3) is 0 Å². The van der Waals surface area contributed by atoms with Crippen LogP contribution in [0.4, 0.5) is 0 Å². The molecule has 1 rings (SSSR count). The summed E-state index contributed by atoms with van der Waals surface area (Å²) in [5.74, 6) is -0.275. The molecule has 0 aliphatic rings. The maximum atomic E-state index is 11.5. The van der Waals surface area contributed by atoms with Crippen molar-refractivity contribution in [3.63, 3.8) is 0 Å². The highest BCUT2D eigenvalue weighted by molar-refractivity contribution is 6.36. The Kier molecular flexibility index (Phi) is 7.92. The van der Waals surface area contributed by atoms with E-state index in [1.165, 1.54) is 0 Å². The van der Waals surface area contributed by atoms with Crippen molar-refractivity contribution in [1.29, 1.82) is 0 Å². The van der Waals surface area contributed by atoms with Crippen LogP contribution in [0.25, 0.3) is 0 Å². The normalized spacial score (nSPS) is 12.2. The zero-order valence-corrected chi connectivity index (χ0v) is 12.9. The highest BCUT2D eigenvalue weighted by atomic mass is 35.5. The molecule has 1 unspecified atom stereocenters. The van der Waals surface area contributed by atoms with Gasteiger partial charge in [0.05, 0.1) is 6.10 Å². The first-order valence-corrected chi connectivity index (χ1v) is 7.28. The number of aliphatic hydroxyl groups excluding tert-OH is 1. The van der Waals surface area contributed by atoms with E-state index in [1.807, 2.05) is 6.92 Å². The molecule has 0 saturated heterocycles. The fourth-order valence-electron chi connectivity index (χ4n) is 1.60. The van der Waals surface area contributed by atoms with E-state index in [4.69, 9.17) is 27.9 Å². The molecule has 0 aromatic heterocycles. The van der Waals surface area contributed by atoms with E-state index in [-0.39, 0.29) is 19.1 Å². The zero-order valence-electron chi connectivity index (χ0n) is 11.4. The summed E-state index contributed by atoms with van der Waals surface area (Å²) in [6.07, 6.45) is 0.993. The first kappa shape index (κ1) is 17.2. The van der Waals surface area contributed by atoms with Gasteiger partial charge in [-0.25, -0.2) is 0 Å². The minimum atomic E-state index is -0.948. The maximum absolute atomic E-state index is 11.5.